The number of alkyl halides is 1. The molecule has 7 N–H and O–H groups in total. The number of rotatable bonds is 9. The topological polar surface area (TPSA) is 158 Å². The Morgan fingerprint density at radius 2 is 1.98 bits per heavy atom. The first kappa shape index (κ1) is 29.9. The van der Waals surface area contributed by atoms with Gasteiger partial charge < -0.3 is 26.2 Å². The maximum atomic E-state index is 13.5. The molecule has 1 aromatic heterocycles. The van der Waals surface area contributed by atoms with Crippen LogP contribution in [0, 0.1) is 6.92 Å². The minimum absolute atomic E-state index is 0.288. The van der Waals surface area contributed by atoms with Crippen molar-refractivity contribution in [3.05, 3.63) is 88.1 Å². The molecule has 40 heavy (non-hydrogen) atoms. The number of nitrogens with one attached hydrogen (secondary N) is 1. The van der Waals surface area contributed by atoms with E-state index in [4.69, 9.17) is 11.6 Å². The molecule has 12 heteroatoms. The highest BCUT2D eigenvalue weighted by Crippen LogP contribution is 2.37. The lowest BCUT2D eigenvalue weighted by atomic mass is 9.89. The highest BCUT2D eigenvalue weighted by atomic mass is 127. The minimum Gasteiger partial charge on any atom is -0.380 e. The summed E-state index contributed by atoms with van der Waals surface area (Å²) in [4.78, 5) is 32.2. The number of halogens is 1. The Morgan fingerprint density at radius 1 is 1.25 bits per heavy atom. The number of hydrogen-bond donors (Lipinski definition) is 5. The zero-order valence-corrected chi connectivity index (χ0v) is 25.2. The summed E-state index contributed by atoms with van der Waals surface area (Å²) in [5.41, 5.74) is 11.0. The van der Waals surface area contributed by atoms with Crippen LogP contribution < -0.4 is 21.9 Å². The molecule has 0 saturated carbocycles. The van der Waals surface area contributed by atoms with E-state index in [0.717, 1.165) is 32.4 Å². The van der Waals surface area contributed by atoms with Crippen LogP contribution in [0.3, 0.4) is 0 Å². The molecule has 0 spiro atoms. The number of aliphatic hydroxyl groups is 2. The number of hydrogen-bond acceptors (Lipinski definition) is 9. The number of anilines is 2. The van der Waals surface area contributed by atoms with E-state index in [1.54, 1.807) is 18.5 Å². The van der Waals surface area contributed by atoms with E-state index in [1.165, 1.54) is 21.2 Å². The third kappa shape index (κ3) is 6.63. The summed E-state index contributed by atoms with van der Waals surface area (Å²) in [5.74, 6) is 4.38. The summed E-state index contributed by atoms with van der Waals surface area (Å²) in [6.07, 6.45) is 0.318. The van der Waals surface area contributed by atoms with Gasteiger partial charge in [0.1, 0.15) is 6.04 Å². The second-order valence-electron chi connectivity index (χ2n) is 9.65. The zero-order valence-electron chi connectivity index (χ0n) is 22.2. The average molecular weight is 677 g/mol. The lowest BCUT2D eigenvalue weighted by molar-refractivity contribution is -0.155. The van der Waals surface area contributed by atoms with Gasteiger partial charge in [-0.25, -0.2) is 10.8 Å². The molecule has 4 atom stereocenters. The van der Waals surface area contributed by atoms with E-state index in [-0.39, 0.29) is 6.54 Å². The van der Waals surface area contributed by atoms with Gasteiger partial charge in [0.25, 0.3) is 11.8 Å². The van der Waals surface area contributed by atoms with Gasteiger partial charge in [-0.15, -0.1) is 11.3 Å². The molecule has 2 amide bonds. The number of benzene rings is 2. The van der Waals surface area contributed by atoms with Crippen molar-refractivity contribution in [1.29, 1.82) is 0 Å². The van der Waals surface area contributed by atoms with E-state index < -0.39 is 36.1 Å². The summed E-state index contributed by atoms with van der Waals surface area (Å²) in [6.45, 7) is 4.03. The van der Waals surface area contributed by atoms with Crippen molar-refractivity contribution >= 4 is 56.6 Å². The number of carbonyl (C=O) groups excluding carboxylic acids is 2. The molecule has 212 valence electrons. The fraction of sp³-hybridized carbons (Fsp3) is 0.321. The van der Waals surface area contributed by atoms with Crippen LogP contribution in [0.5, 0.6) is 0 Å². The molecular weight excluding hydrogens is 643 g/mol. The Labute approximate surface area is 250 Å². The van der Waals surface area contributed by atoms with Gasteiger partial charge in [-0.1, -0.05) is 64.6 Å². The maximum Gasteiger partial charge on any atom is 0.255 e. The van der Waals surface area contributed by atoms with Crippen LogP contribution >= 0.6 is 33.9 Å². The molecule has 10 nitrogen and oxygen atoms in total. The monoisotopic (exact) mass is 676 g/mol. The Hall–Kier alpha value is -3.04. The molecule has 1 aliphatic rings. The van der Waals surface area contributed by atoms with Crippen molar-refractivity contribution < 1.29 is 19.8 Å². The van der Waals surface area contributed by atoms with Gasteiger partial charge in [-0.05, 0) is 49.1 Å². The predicted molar refractivity (Wildman–Crippen MR) is 165 cm³/mol. The predicted octanol–water partition coefficient (Wildman–Crippen LogP) is 2.74. The summed E-state index contributed by atoms with van der Waals surface area (Å²) in [6, 6.07) is 12.1. The Kier molecular flexibility index (Phi) is 9.79. The number of thiazole rings is 1. The average Bonchev–Trinajstić information content (AvgIpc) is 3.39. The number of aliphatic hydroxyl groups excluding tert-OH is 2. The fourth-order valence-electron chi connectivity index (χ4n) is 4.74. The van der Waals surface area contributed by atoms with E-state index in [1.807, 2.05) is 49.4 Å². The molecule has 0 unspecified atom stereocenters. The molecule has 4 rings (SSSR count). The summed E-state index contributed by atoms with van der Waals surface area (Å²) in [5, 5.41) is 27.9. The first-order valence-electron chi connectivity index (χ1n) is 12.7. The number of aromatic nitrogens is 1. The van der Waals surface area contributed by atoms with E-state index in [0.29, 0.717) is 17.2 Å². The van der Waals surface area contributed by atoms with Gasteiger partial charge in [-0.3, -0.25) is 14.6 Å². The van der Waals surface area contributed by atoms with Crippen LogP contribution in [0.4, 0.5) is 10.8 Å². The van der Waals surface area contributed by atoms with E-state index in [9.17, 15) is 19.8 Å². The van der Waals surface area contributed by atoms with Crippen molar-refractivity contribution in [3.8, 4) is 0 Å². The number of hydrazine groups is 1. The fourth-order valence-corrected chi connectivity index (χ4v) is 5.55. The highest BCUT2D eigenvalue weighted by molar-refractivity contribution is 14.1. The molecule has 2 aromatic carbocycles. The van der Waals surface area contributed by atoms with Gasteiger partial charge in [0.15, 0.2) is 17.3 Å². The quantitative estimate of drug-likeness (QED) is 0.100. The van der Waals surface area contributed by atoms with Gasteiger partial charge in [0.05, 0.1) is 17.4 Å². The molecule has 0 saturated heterocycles. The van der Waals surface area contributed by atoms with Crippen LogP contribution in [0.1, 0.15) is 47.0 Å². The second kappa shape index (κ2) is 13.1. The summed E-state index contributed by atoms with van der Waals surface area (Å²) < 4.78 is 0.828. The number of allylic oxidation sites excluding steroid dienone is 1. The SMILES string of the molecule is Cc1ccc2c(c1)CCN(C(=O)[C@H](O)[C@@H](O)C(=O)N[C@H](C)c1ccc(N(N)/C=C\CI)cc1)[C@@H]2c1csc(N)n1. The van der Waals surface area contributed by atoms with Crippen LogP contribution in [-0.4, -0.2) is 55.1 Å². The van der Waals surface area contributed by atoms with Crippen LogP contribution in [0.15, 0.2) is 60.1 Å². The molecule has 0 aliphatic carbocycles. The number of nitrogen functional groups attached to an aromatic ring is 1. The number of fused-ring (bicyclic) bond motifs is 1. The van der Waals surface area contributed by atoms with Crippen molar-refractivity contribution in [2.45, 2.75) is 44.6 Å². The number of amides is 2. The third-order valence-electron chi connectivity index (χ3n) is 6.86. The zero-order chi connectivity index (χ0) is 29.0. The number of carbonyl (C=O) groups is 2. The lowest BCUT2D eigenvalue weighted by Gasteiger charge is -2.38. The third-order valence-corrected chi connectivity index (χ3v) is 8.06. The van der Waals surface area contributed by atoms with Crippen molar-refractivity contribution in [3.63, 3.8) is 0 Å². The number of nitrogens with two attached hydrogens (primary N) is 2. The van der Waals surface area contributed by atoms with Gasteiger partial charge >= 0.3 is 0 Å². The Bertz CT molecular complexity index is 1380. The highest BCUT2D eigenvalue weighted by Gasteiger charge is 2.40. The lowest BCUT2D eigenvalue weighted by Crippen LogP contribution is -2.53. The molecule has 2 heterocycles. The standard InChI is InChI=1S/C28H33IN6O4S/c1-16-4-9-21-19(14-16)10-13-34(23(21)22-15-40-28(30)33-22)27(39)25(37)24(36)26(38)32-17(2)18-5-7-20(8-6-18)35(31)12-3-11-29/h3-9,12,14-15,17,23-25,36-37H,10-11,13,31H2,1-2H3,(H2,30,33)(H,32,38)/b12-3-/t17-,23+,24-,25-/m1/s1. The normalized spacial score (nSPS) is 17.2. The molecule has 1 aliphatic heterocycles. The van der Waals surface area contributed by atoms with Crippen molar-refractivity contribution in [2.24, 2.45) is 5.84 Å². The van der Waals surface area contributed by atoms with Crippen LogP contribution in [0.2, 0.25) is 0 Å². The van der Waals surface area contributed by atoms with Gasteiger partial charge in [-0.2, -0.15) is 0 Å². The Balaban J connectivity index is 1.46. The first-order chi connectivity index (χ1) is 19.1. The first-order valence-corrected chi connectivity index (χ1v) is 15.1. The number of nitrogens with zero attached hydrogens (tertiary/aromatic N) is 3. The summed E-state index contributed by atoms with van der Waals surface area (Å²) in [7, 11) is 0. The Morgan fingerprint density at radius 3 is 2.62 bits per heavy atom. The molecule has 0 bridgehead atoms. The molecule has 0 radical (unpaired) electrons. The number of aryl methyl sites for hydroxylation is 1. The van der Waals surface area contributed by atoms with Gasteiger partial charge in [0.2, 0.25) is 0 Å². The smallest absolute Gasteiger partial charge is 0.255 e. The maximum absolute atomic E-state index is 13.5. The summed E-state index contributed by atoms with van der Waals surface area (Å²) >= 11 is 3.48. The van der Waals surface area contributed by atoms with E-state index >= 15 is 0 Å². The molecule has 0 fully saturated rings. The molecule has 3 aromatic rings. The largest absolute Gasteiger partial charge is 0.380 e. The van der Waals surface area contributed by atoms with Crippen molar-refractivity contribution in [1.82, 2.24) is 15.2 Å². The van der Waals surface area contributed by atoms with Crippen LogP contribution in [-0.2, 0) is 16.0 Å². The van der Waals surface area contributed by atoms with E-state index in [2.05, 4.69) is 39.0 Å². The van der Waals surface area contributed by atoms with Crippen molar-refractivity contribution in [2.75, 3.05) is 21.7 Å². The minimum atomic E-state index is -1.97. The second-order valence-corrected chi connectivity index (χ2v) is 11.4. The van der Waals surface area contributed by atoms with Crippen LogP contribution in [0.25, 0.3) is 0 Å². The molecular formula is C28H33IN6O4S. The van der Waals surface area contributed by atoms with Gasteiger partial charge in [0, 0.05) is 22.6 Å².